The van der Waals surface area contributed by atoms with E-state index in [1.165, 1.54) is 29.2 Å². The molecule has 0 radical (unpaired) electrons. The van der Waals surface area contributed by atoms with Crippen LogP contribution in [0.5, 0.6) is 0 Å². The highest BCUT2D eigenvalue weighted by atomic mass is 32.1. The number of aromatic nitrogens is 1. The molecule has 1 atom stereocenters. The SMILES string of the molecule is Cc1ccc2nc(-c3ccc(N4C(=O)CC(N(C(=O)c5cccc([N+](=O)[O-])c5)C5CCCC5)C4=O)cc3)sc2c1. The molecule has 0 N–H and O–H groups in total. The first kappa shape index (κ1) is 25.8. The molecule has 1 saturated carbocycles. The predicted octanol–water partition coefficient (Wildman–Crippen LogP) is 5.90. The van der Waals surface area contributed by atoms with Crippen LogP contribution in [0.3, 0.4) is 0 Å². The molecule has 1 aliphatic heterocycles. The standard InChI is InChI=1S/C30H26N4O5S/c1-18-9-14-24-26(15-18)40-28(31-24)19-10-12-22(13-11-19)33-27(35)17-25(30(33)37)32(21-6-2-3-7-21)29(36)20-5-4-8-23(16-20)34(38)39/h4-5,8-16,21,25H,2-3,6-7,17H2,1H3. The maximum Gasteiger partial charge on any atom is 0.270 e. The lowest BCUT2D eigenvalue weighted by Crippen LogP contribution is -2.50. The Bertz CT molecular complexity index is 1660. The number of nitrogens with zero attached hydrogens (tertiary/aromatic N) is 4. The first-order valence-electron chi connectivity index (χ1n) is 13.2. The van der Waals surface area contributed by atoms with Gasteiger partial charge in [0.05, 0.1) is 27.2 Å². The second-order valence-electron chi connectivity index (χ2n) is 10.3. The van der Waals surface area contributed by atoms with Crippen molar-refractivity contribution in [3.8, 4) is 10.6 Å². The highest BCUT2D eigenvalue weighted by molar-refractivity contribution is 7.21. The smallest absolute Gasteiger partial charge is 0.270 e. The van der Waals surface area contributed by atoms with Crippen LogP contribution < -0.4 is 4.90 Å². The predicted molar refractivity (Wildman–Crippen MR) is 152 cm³/mol. The van der Waals surface area contributed by atoms with Crippen molar-refractivity contribution >= 4 is 50.6 Å². The van der Waals surface area contributed by atoms with E-state index in [1.54, 1.807) is 23.5 Å². The first-order chi connectivity index (χ1) is 19.3. The number of thiazole rings is 1. The first-order valence-corrected chi connectivity index (χ1v) is 14.0. The largest absolute Gasteiger partial charge is 0.323 e. The number of amides is 3. The lowest BCUT2D eigenvalue weighted by molar-refractivity contribution is -0.384. The van der Waals surface area contributed by atoms with E-state index >= 15 is 0 Å². The van der Waals surface area contributed by atoms with E-state index in [0.717, 1.165) is 56.9 Å². The zero-order valence-electron chi connectivity index (χ0n) is 21.8. The summed E-state index contributed by atoms with van der Waals surface area (Å²) in [7, 11) is 0. The Balaban J connectivity index is 1.28. The van der Waals surface area contributed by atoms with E-state index in [1.807, 2.05) is 31.2 Å². The molecule has 0 bridgehead atoms. The number of non-ortho nitro benzene ring substituents is 1. The monoisotopic (exact) mass is 554 g/mol. The number of imide groups is 1. The van der Waals surface area contributed by atoms with Crippen LogP contribution in [-0.2, 0) is 9.59 Å². The summed E-state index contributed by atoms with van der Waals surface area (Å²) in [6, 6.07) is 17.6. The molecule has 1 unspecified atom stereocenters. The number of rotatable bonds is 6. The van der Waals surface area contributed by atoms with Gasteiger partial charge in [0.1, 0.15) is 11.0 Å². The fourth-order valence-corrected chi connectivity index (χ4v) is 6.73. The number of nitro benzene ring substituents is 1. The Hall–Kier alpha value is -4.44. The van der Waals surface area contributed by atoms with Gasteiger partial charge in [-0.3, -0.25) is 24.5 Å². The number of anilines is 1. The second-order valence-corrected chi connectivity index (χ2v) is 11.3. The molecule has 40 heavy (non-hydrogen) atoms. The van der Waals surface area contributed by atoms with Gasteiger partial charge in [-0.1, -0.05) is 25.0 Å². The van der Waals surface area contributed by atoms with Crippen molar-refractivity contribution in [2.45, 2.75) is 51.1 Å². The number of aryl methyl sites for hydroxylation is 1. The van der Waals surface area contributed by atoms with Crippen LogP contribution in [0.15, 0.2) is 66.7 Å². The minimum Gasteiger partial charge on any atom is -0.323 e. The maximum absolute atomic E-state index is 13.7. The van der Waals surface area contributed by atoms with Crippen molar-refractivity contribution in [2.75, 3.05) is 4.90 Å². The highest BCUT2D eigenvalue weighted by Crippen LogP contribution is 2.35. The second kappa shape index (κ2) is 10.3. The van der Waals surface area contributed by atoms with Crippen LogP contribution in [0.1, 0.15) is 48.0 Å². The Morgan fingerprint density at radius 2 is 1.80 bits per heavy atom. The van der Waals surface area contributed by atoms with Gasteiger partial charge in [0.15, 0.2) is 0 Å². The molecule has 9 nitrogen and oxygen atoms in total. The molecule has 3 amide bonds. The number of benzene rings is 3. The van der Waals surface area contributed by atoms with Gasteiger partial charge >= 0.3 is 0 Å². The molecule has 3 aromatic carbocycles. The molecular weight excluding hydrogens is 528 g/mol. The lowest BCUT2D eigenvalue weighted by Gasteiger charge is -2.33. The third-order valence-electron chi connectivity index (χ3n) is 7.63. The molecule has 2 aliphatic rings. The molecule has 2 heterocycles. The van der Waals surface area contributed by atoms with Crippen molar-refractivity contribution in [1.29, 1.82) is 0 Å². The van der Waals surface area contributed by atoms with Crippen molar-refractivity contribution in [3.05, 3.63) is 88.0 Å². The summed E-state index contributed by atoms with van der Waals surface area (Å²) < 4.78 is 1.09. The average Bonchev–Trinajstić information content (AvgIpc) is 3.69. The third kappa shape index (κ3) is 4.64. The van der Waals surface area contributed by atoms with Gasteiger partial charge in [-0.25, -0.2) is 9.88 Å². The van der Waals surface area contributed by atoms with Crippen LogP contribution in [0.25, 0.3) is 20.8 Å². The summed E-state index contributed by atoms with van der Waals surface area (Å²) in [4.78, 5) is 58.7. The van der Waals surface area contributed by atoms with Crippen molar-refractivity contribution in [3.63, 3.8) is 0 Å². The topological polar surface area (TPSA) is 114 Å². The fraction of sp³-hybridized carbons (Fsp3) is 0.267. The van der Waals surface area contributed by atoms with E-state index in [4.69, 9.17) is 4.98 Å². The lowest BCUT2D eigenvalue weighted by atomic mass is 10.1. The minimum atomic E-state index is -0.963. The molecule has 6 rings (SSSR count). The molecule has 0 spiro atoms. The van der Waals surface area contributed by atoms with E-state index in [0.29, 0.717) is 5.69 Å². The molecule has 1 saturated heterocycles. The quantitative estimate of drug-likeness (QED) is 0.167. The molecule has 10 heteroatoms. The van der Waals surface area contributed by atoms with Crippen molar-refractivity contribution in [2.24, 2.45) is 0 Å². The van der Waals surface area contributed by atoms with Gasteiger partial charge < -0.3 is 4.90 Å². The fourth-order valence-electron chi connectivity index (χ4n) is 5.66. The van der Waals surface area contributed by atoms with Gasteiger partial charge in [0.25, 0.3) is 17.5 Å². The molecular formula is C30H26N4O5S. The zero-order chi connectivity index (χ0) is 28.0. The number of hydrogen-bond acceptors (Lipinski definition) is 7. The van der Waals surface area contributed by atoms with E-state index in [9.17, 15) is 24.5 Å². The van der Waals surface area contributed by atoms with Crippen LogP contribution in [-0.4, -0.2) is 44.6 Å². The minimum absolute atomic E-state index is 0.130. The van der Waals surface area contributed by atoms with Gasteiger partial charge in [-0.15, -0.1) is 11.3 Å². The number of carbonyl (C=O) groups excluding carboxylic acids is 3. The Morgan fingerprint density at radius 3 is 2.52 bits per heavy atom. The molecule has 1 aliphatic carbocycles. The summed E-state index contributed by atoms with van der Waals surface area (Å²) in [5, 5.41) is 12.1. The van der Waals surface area contributed by atoms with E-state index in [-0.39, 0.29) is 29.6 Å². The maximum atomic E-state index is 13.7. The van der Waals surface area contributed by atoms with Gasteiger partial charge in [0, 0.05) is 29.3 Å². The van der Waals surface area contributed by atoms with Crippen molar-refractivity contribution < 1.29 is 19.3 Å². The number of hydrogen-bond donors (Lipinski definition) is 0. The van der Waals surface area contributed by atoms with Crippen LogP contribution in [0.2, 0.25) is 0 Å². The van der Waals surface area contributed by atoms with Crippen LogP contribution >= 0.6 is 11.3 Å². The van der Waals surface area contributed by atoms with E-state index < -0.39 is 22.8 Å². The van der Waals surface area contributed by atoms with Crippen LogP contribution in [0, 0.1) is 17.0 Å². The molecule has 202 valence electrons. The number of carbonyl (C=O) groups is 3. The summed E-state index contributed by atoms with van der Waals surface area (Å²) >= 11 is 1.58. The molecule has 4 aromatic rings. The normalized spacial score (nSPS) is 17.6. The van der Waals surface area contributed by atoms with Crippen molar-refractivity contribution in [1.82, 2.24) is 9.88 Å². The zero-order valence-corrected chi connectivity index (χ0v) is 22.6. The van der Waals surface area contributed by atoms with Gasteiger partial charge in [0.2, 0.25) is 5.91 Å². The van der Waals surface area contributed by atoms with Gasteiger partial charge in [-0.05, 0) is 67.8 Å². The number of fused-ring (bicyclic) bond motifs is 1. The summed E-state index contributed by atoms with van der Waals surface area (Å²) in [6.45, 7) is 2.04. The summed E-state index contributed by atoms with van der Waals surface area (Å²) in [5.74, 6) is -1.31. The van der Waals surface area contributed by atoms with Crippen LogP contribution in [0.4, 0.5) is 11.4 Å². The number of nitro groups is 1. The molecule has 2 fully saturated rings. The summed E-state index contributed by atoms with van der Waals surface area (Å²) in [5.41, 5.74) is 3.34. The highest BCUT2D eigenvalue weighted by Gasteiger charge is 2.47. The third-order valence-corrected chi connectivity index (χ3v) is 8.70. The average molecular weight is 555 g/mol. The Morgan fingerprint density at radius 1 is 1.05 bits per heavy atom. The van der Waals surface area contributed by atoms with Gasteiger partial charge in [-0.2, -0.15) is 0 Å². The Labute approximate surface area is 234 Å². The molecule has 1 aromatic heterocycles. The summed E-state index contributed by atoms with van der Waals surface area (Å²) in [6.07, 6.45) is 3.13. The van der Waals surface area contributed by atoms with E-state index in [2.05, 4.69) is 6.07 Å². The Kier molecular flexibility index (Phi) is 6.63.